The van der Waals surface area contributed by atoms with Gasteiger partial charge in [-0.25, -0.2) is 4.98 Å². The van der Waals surface area contributed by atoms with Crippen LogP contribution in [0.2, 0.25) is 5.02 Å². The summed E-state index contributed by atoms with van der Waals surface area (Å²) in [4.78, 5) is 17.3. The number of amides is 1. The van der Waals surface area contributed by atoms with Crippen LogP contribution in [0.4, 0.5) is 0 Å². The van der Waals surface area contributed by atoms with Crippen molar-refractivity contribution >= 4 is 40.6 Å². The van der Waals surface area contributed by atoms with Crippen LogP contribution in [0, 0.1) is 0 Å². The smallest absolute Gasteiger partial charge is 0.270 e. The van der Waals surface area contributed by atoms with Gasteiger partial charge in [-0.2, -0.15) is 0 Å². The Balaban J connectivity index is 1.28. The fraction of sp³-hybridized carbons (Fsp3) is 0.200. The van der Waals surface area contributed by atoms with Gasteiger partial charge in [0.05, 0.1) is 37.8 Å². The summed E-state index contributed by atoms with van der Waals surface area (Å²) < 4.78 is 18.2. The summed E-state index contributed by atoms with van der Waals surface area (Å²) in [6.07, 6.45) is 0.644. The molecule has 0 spiro atoms. The molecule has 0 bridgehead atoms. The van der Waals surface area contributed by atoms with Crippen molar-refractivity contribution in [2.24, 2.45) is 0 Å². The molecule has 1 N–H and O–H groups in total. The van der Waals surface area contributed by atoms with Crippen LogP contribution in [0.25, 0.3) is 17.1 Å². The molecule has 0 unspecified atom stereocenters. The van der Waals surface area contributed by atoms with Crippen LogP contribution in [0.1, 0.15) is 21.1 Å². The number of thiazole rings is 1. The SMILES string of the molecule is COc1ccc(CCNC(=O)c2csc(CSc3nnc(-c4ccccc4Cl)n3-c3ccccc3OC)n2)cc1OC. The summed E-state index contributed by atoms with van der Waals surface area (Å²) >= 11 is 9.42. The second kappa shape index (κ2) is 13.7. The van der Waals surface area contributed by atoms with Crippen LogP contribution in [-0.4, -0.2) is 53.5 Å². The average Bonchev–Trinajstić information content (AvgIpc) is 3.67. The summed E-state index contributed by atoms with van der Waals surface area (Å²) in [5, 5.41) is 15.7. The van der Waals surface area contributed by atoms with Gasteiger partial charge in [-0.15, -0.1) is 21.5 Å². The molecule has 1 amide bonds. The summed E-state index contributed by atoms with van der Waals surface area (Å²) in [7, 11) is 4.82. The van der Waals surface area contributed by atoms with Crippen LogP contribution in [0.5, 0.6) is 17.2 Å². The number of para-hydroxylation sites is 2. The number of nitrogens with zero attached hydrogens (tertiary/aromatic N) is 4. The molecule has 5 rings (SSSR count). The van der Waals surface area contributed by atoms with Gasteiger partial charge in [-0.05, 0) is 48.4 Å². The second-order valence-electron chi connectivity index (χ2n) is 8.90. The van der Waals surface area contributed by atoms with Gasteiger partial charge in [0, 0.05) is 17.5 Å². The van der Waals surface area contributed by atoms with E-state index in [1.165, 1.54) is 23.1 Å². The van der Waals surface area contributed by atoms with Crippen LogP contribution < -0.4 is 19.5 Å². The highest BCUT2D eigenvalue weighted by molar-refractivity contribution is 7.98. The summed E-state index contributed by atoms with van der Waals surface area (Å²) in [6, 6.07) is 20.9. The maximum Gasteiger partial charge on any atom is 0.270 e. The molecule has 2 heterocycles. The zero-order chi connectivity index (χ0) is 29.5. The number of hydrogen-bond acceptors (Lipinski definition) is 9. The maximum absolute atomic E-state index is 12.8. The van der Waals surface area contributed by atoms with Gasteiger partial charge in [-0.1, -0.05) is 53.7 Å². The zero-order valence-corrected chi connectivity index (χ0v) is 25.6. The van der Waals surface area contributed by atoms with Gasteiger partial charge in [0.2, 0.25) is 0 Å². The Labute approximate surface area is 256 Å². The molecular weight excluding hydrogens is 594 g/mol. The Kier molecular flexibility index (Phi) is 9.63. The lowest BCUT2D eigenvalue weighted by Crippen LogP contribution is -2.26. The molecule has 5 aromatic rings. The number of hydrogen-bond donors (Lipinski definition) is 1. The first-order valence-corrected chi connectivity index (χ1v) is 15.2. The van der Waals surface area contributed by atoms with Crippen molar-refractivity contribution in [2.45, 2.75) is 17.3 Å². The highest BCUT2D eigenvalue weighted by Gasteiger charge is 2.21. The Morgan fingerprint density at radius 3 is 2.50 bits per heavy atom. The van der Waals surface area contributed by atoms with Gasteiger partial charge < -0.3 is 19.5 Å². The molecule has 0 fully saturated rings. The Morgan fingerprint density at radius 1 is 0.952 bits per heavy atom. The minimum atomic E-state index is -0.221. The maximum atomic E-state index is 12.8. The Bertz CT molecular complexity index is 1690. The first kappa shape index (κ1) is 29.4. The summed E-state index contributed by atoms with van der Waals surface area (Å²) in [5.41, 5.74) is 2.95. The van der Waals surface area contributed by atoms with E-state index in [4.69, 9.17) is 25.8 Å². The quantitative estimate of drug-likeness (QED) is 0.161. The van der Waals surface area contributed by atoms with E-state index < -0.39 is 0 Å². The van der Waals surface area contributed by atoms with E-state index in [1.54, 1.807) is 26.7 Å². The molecular formula is C30H28ClN5O4S2. The fourth-order valence-electron chi connectivity index (χ4n) is 4.27. The average molecular weight is 622 g/mol. The van der Waals surface area contributed by atoms with Gasteiger partial charge in [0.25, 0.3) is 5.91 Å². The van der Waals surface area contributed by atoms with Crippen LogP contribution in [0.15, 0.2) is 77.3 Å². The predicted molar refractivity (Wildman–Crippen MR) is 166 cm³/mol. The van der Waals surface area contributed by atoms with E-state index in [-0.39, 0.29) is 5.91 Å². The second-order valence-corrected chi connectivity index (χ2v) is 11.2. The van der Waals surface area contributed by atoms with Gasteiger partial charge in [0.15, 0.2) is 22.5 Å². The number of ether oxygens (including phenoxy) is 3. The van der Waals surface area contributed by atoms with E-state index in [0.29, 0.717) is 57.7 Å². The standard InChI is InChI=1S/C30H28ClN5O4S2/c1-38-24-11-7-6-10-23(24)36-28(20-8-4-5-9-21(20)31)34-35-30(36)42-18-27-33-22(17-41-27)29(37)32-15-14-19-12-13-25(39-2)26(16-19)40-3/h4-13,16-17H,14-15,18H2,1-3H3,(H,32,37). The number of benzene rings is 3. The number of carbonyl (C=O) groups is 1. The molecule has 216 valence electrons. The molecule has 0 saturated carbocycles. The third kappa shape index (κ3) is 6.53. The molecule has 0 atom stereocenters. The van der Waals surface area contributed by atoms with Crippen LogP contribution in [0.3, 0.4) is 0 Å². The summed E-state index contributed by atoms with van der Waals surface area (Å²) in [6.45, 7) is 0.461. The Morgan fingerprint density at radius 2 is 1.71 bits per heavy atom. The predicted octanol–water partition coefficient (Wildman–Crippen LogP) is 6.33. The topological polar surface area (TPSA) is 100 Å². The van der Waals surface area contributed by atoms with Gasteiger partial charge in [0.1, 0.15) is 16.5 Å². The Hall–Kier alpha value is -4.06. The van der Waals surface area contributed by atoms with Crippen LogP contribution in [-0.2, 0) is 12.2 Å². The van der Waals surface area contributed by atoms with E-state index in [0.717, 1.165) is 21.8 Å². The highest BCUT2D eigenvalue weighted by Crippen LogP contribution is 2.36. The molecule has 42 heavy (non-hydrogen) atoms. The zero-order valence-electron chi connectivity index (χ0n) is 23.2. The van der Waals surface area contributed by atoms with E-state index in [9.17, 15) is 4.79 Å². The van der Waals surface area contributed by atoms with E-state index >= 15 is 0 Å². The molecule has 0 aliphatic heterocycles. The number of nitrogens with one attached hydrogen (secondary N) is 1. The number of methoxy groups -OCH3 is 3. The third-order valence-corrected chi connectivity index (χ3v) is 8.63. The lowest BCUT2D eigenvalue weighted by molar-refractivity contribution is 0.0949. The van der Waals surface area contributed by atoms with Crippen molar-refractivity contribution in [2.75, 3.05) is 27.9 Å². The number of thioether (sulfide) groups is 1. The van der Waals surface area contributed by atoms with Crippen molar-refractivity contribution in [3.05, 3.63) is 93.4 Å². The molecule has 2 aromatic heterocycles. The molecule has 0 radical (unpaired) electrons. The van der Waals surface area contributed by atoms with Crippen molar-refractivity contribution < 1.29 is 19.0 Å². The molecule has 0 saturated heterocycles. The normalized spacial score (nSPS) is 10.9. The minimum absolute atomic E-state index is 0.221. The molecule has 0 aliphatic carbocycles. The van der Waals surface area contributed by atoms with Crippen molar-refractivity contribution in [1.29, 1.82) is 0 Å². The van der Waals surface area contributed by atoms with Crippen LogP contribution >= 0.6 is 34.7 Å². The van der Waals surface area contributed by atoms with E-state index in [2.05, 4.69) is 20.5 Å². The lowest BCUT2D eigenvalue weighted by Gasteiger charge is -2.14. The van der Waals surface area contributed by atoms with Crippen molar-refractivity contribution in [3.63, 3.8) is 0 Å². The number of carbonyl (C=O) groups excluding carboxylic acids is 1. The molecule has 9 nitrogen and oxygen atoms in total. The number of halogens is 1. The molecule has 0 aliphatic rings. The largest absolute Gasteiger partial charge is 0.495 e. The monoisotopic (exact) mass is 621 g/mol. The van der Waals surface area contributed by atoms with E-state index in [1.807, 2.05) is 71.3 Å². The first-order chi connectivity index (χ1) is 20.5. The lowest BCUT2D eigenvalue weighted by atomic mass is 10.1. The fourth-order valence-corrected chi connectivity index (χ4v) is 6.22. The third-order valence-electron chi connectivity index (χ3n) is 6.33. The van der Waals surface area contributed by atoms with Gasteiger partial charge >= 0.3 is 0 Å². The minimum Gasteiger partial charge on any atom is -0.495 e. The molecule has 3 aromatic carbocycles. The summed E-state index contributed by atoms with van der Waals surface area (Å²) in [5.74, 6) is 2.87. The van der Waals surface area contributed by atoms with Crippen molar-refractivity contribution in [1.82, 2.24) is 25.1 Å². The van der Waals surface area contributed by atoms with Gasteiger partial charge in [-0.3, -0.25) is 9.36 Å². The number of rotatable bonds is 12. The first-order valence-electron chi connectivity index (χ1n) is 12.9. The van der Waals surface area contributed by atoms with Crippen molar-refractivity contribution in [3.8, 4) is 34.3 Å². The number of aromatic nitrogens is 4. The highest BCUT2D eigenvalue weighted by atomic mass is 35.5. The molecule has 12 heteroatoms.